The van der Waals surface area contributed by atoms with Gasteiger partial charge in [0.15, 0.2) is 5.96 Å². The van der Waals surface area contributed by atoms with Gasteiger partial charge in [0, 0.05) is 45.6 Å². The third kappa shape index (κ3) is 9.65. The molecule has 0 aliphatic rings. The topological polar surface area (TPSA) is 57.7 Å². The molecular formula is C17H31IN4O. The van der Waals surface area contributed by atoms with Crippen molar-refractivity contribution in [2.75, 3.05) is 39.2 Å². The van der Waals surface area contributed by atoms with Gasteiger partial charge in [-0.05, 0) is 24.5 Å². The van der Waals surface area contributed by atoms with Gasteiger partial charge in [-0.25, -0.2) is 0 Å². The van der Waals surface area contributed by atoms with Crippen molar-refractivity contribution in [3.63, 3.8) is 0 Å². The molecule has 132 valence electrons. The minimum Gasteiger partial charge on any atom is -0.385 e. The van der Waals surface area contributed by atoms with Crippen molar-refractivity contribution >= 4 is 35.6 Å². The molecule has 23 heavy (non-hydrogen) atoms. The number of hydrogen-bond donors (Lipinski definition) is 3. The SMILES string of the molecule is CN=C(NCCCOC)NCC(Nc1ccccc1)C(C)C.I. The van der Waals surface area contributed by atoms with Crippen LogP contribution in [0.3, 0.4) is 0 Å². The lowest BCUT2D eigenvalue weighted by molar-refractivity contribution is 0.195. The van der Waals surface area contributed by atoms with E-state index in [2.05, 4.69) is 46.9 Å². The molecule has 1 atom stereocenters. The van der Waals surface area contributed by atoms with Gasteiger partial charge in [-0.15, -0.1) is 24.0 Å². The lowest BCUT2D eigenvalue weighted by Gasteiger charge is -2.25. The summed E-state index contributed by atoms with van der Waals surface area (Å²) >= 11 is 0. The summed E-state index contributed by atoms with van der Waals surface area (Å²) in [6.45, 7) is 6.87. The van der Waals surface area contributed by atoms with Crippen molar-refractivity contribution < 1.29 is 4.74 Å². The smallest absolute Gasteiger partial charge is 0.191 e. The molecule has 0 bridgehead atoms. The fraction of sp³-hybridized carbons (Fsp3) is 0.588. The van der Waals surface area contributed by atoms with Crippen LogP contribution in [0.15, 0.2) is 35.3 Å². The molecule has 0 spiro atoms. The summed E-state index contributed by atoms with van der Waals surface area (Å²) in [5.74, 6) is 1.34. The summed E-state index contributed by atoms with van der Waals surface area (Å²) in [5.41, 5.74) is 1.14. The molecule has 0 aliphatic carbocycles. The van der Waals surface area contributed by atoms with Gasteiger partial charge < -0.3 is 20.7 Å². The van der Waals surface area contributed by atoms with E-state index in [-0.39, 0.29) is 24.0 Å². The Labute approximate surface area is 157 Å². The summed E-state index contributed by atoms with van der Waals surface area (Å²) in [6, 6.07) is 10.6. The number of nitrogens with one attached hydrogen (secondary N) is 3. The van der Waals surface area contributed by atoms with E-state index < -0.39 is 0 Å². The quantitative estimate of drug-likeness (QED) is 0.242. The van der Waals surface area contributed by atoms with Crippen LogP contribution in [0.25, 0.3) is 0 Å². The van der Waals surface area contributed by atoms with Crippen LogP contribution in [0.4, 0.5) is 5.69 Å². The number of ether oxygens (including phenoxy) is 1. The molecule has 0 saturated carbocycles. The summed E-state index contributed by atoms with van der Waals surface area (Å²) in [5, 5.41) is 10.2. The predicted molar refractivity (Wildman–Crippen MR) is 110 cm³/mol. The number of halogens is 1. The Kier molecular flexibility index (Phi) is 12.8. The highest BCUT2D eigenvalue weighted by Crippen LogP contribution is 2.11. The van der Waals surface area contributed by atoms with E-state index in [4.69, 9.17) is 4.74 Å². The van der Waals surface area contributed by atoms with Gasteiger partial charge in [-0.2, -0.15) is 0 Å². The second-order valence-corrected chi connectivity index (χ2v) is 5.59. The van der Waals surface area contributed by atoms with Crippen molar-refractivity contribution in [3.8, 4) is 0 Å². The molecule has 0 aromatic heterocycles. The van der Waals surface area contributed by atoms with Gasteiger partial charge >= 0.3 is 0 Å². The number of guanidine groups is 1. The van der Waals surface area contributed by atoms with E-state index in [9.17, 15) is 0 Å². The molecule has 1 aromatic carbocycles. The molecule has 0 saturated heterocycles. The van der Waals surface area contributed by atoms with Gasteiger partial charge in [0.05, 0.1) is 0 Å². The van der Waals surface area contributed by atoms with E-state index >= 15 is 0 Å². The van der Waals surface area contributed by atoms with Crippen molar-refractivity contribution in [2.45, 2.75) is 26.3 Å². The van der Waals surface area contributed by atoms with Crippen LogP contribution < -0.4 is 16.0 Å². The monoisotopic (exact) mass is 434 g/mol. The molecule has 0 heterocycles. The van der Waals surface area contributed by atoms with Crippen molar-refractivity contribution in [3.05, 3.63) is 30.3 Å². The van der Waals surface area contributed by atoms with Gasteiger partial charge in [-0.1, -0.05) is 32.0 Å². The van der Waals surface area contributed by atoms with Crippen LogP contribution in [0.1, 0.15) is 20.3 Å². The van der Waals surface area contributed by atoms with Crippen LogP contribution in [0.5, 0.6) is 0 Å². The minimum absolute atomic E-state index is 0. The van der Waals surface area contributed by atoms with Crippen LogP contribution >= 0.6 is 24.0 Å². The Morgan fingerprint density at radius 3 is 2.43 bits per heavy atom. The highest BCUT2D eigenvalue weighted by Gasteiger charge is 2.13. The Bertz CT molecular complexity index is 426. The molecule has 0 aliphatic heterocycles. The van der Waals surface area contributed by atoms with Gasteiger partial charge in [0.25, 0.3) is 0 Å². The minimum atomic E-state index is 0. The molecule has 3 N–H and O–H groups in total. The number of methoxy groups -OCH3 is 1. The van der Waals surface area contributed by atoms with Crippen LogP contribution in [-0.4, -0.2) is 45.9 Å². The summed E-state index contributed by atoms with van der Waals surface area (Å²) in [6.07, 6.45) is 0.965. The van der Waals surface area contributed by atoms with Crippen molar-refractivity contribution in [2.24, 2.45) is 10.9 Å². The lowest BCUT2D eigenvalue weighted by Crippen LogP contribution is -2.45. The standard InChI is InChI=1S/C17H30N4O.HI/c1-14(2)16(21-15-9-6-5-7-10-15)13-20-17(18-3)19-11-8-12-22-4;/h5-7,9-10,14,16,21H,8,11-13H2,1-4H3,(H2,18,19,20);1H. The van der Waals surface area contributed by atoms with E-state index in [0.717, 1.165) is 37.8 Å². The van der Waals surface area contributed by atoms with Gasteiger partial charge in [-0.3, -0.25) is 4.99 Å². The van der Waals surface area contributed by atoms with E-state index in [0.29, 0.717) is 12.0 Å². The largest absolute Gasteiger partial charge is 0.385 e. The number of aliphatic imine (C=N–C) groups is 1. The first-order chi connectivity index (χ1) is 10.7. The zero-order valence-corrected chi connectivity index (χ0v) is 17.0. The lowest BCUT2D eigenvalue weighted by atomic mass is 10.0. The Hall–Kier alpha value is -1.02. The molecule has 0 radical (unpaired) electrons. The van der Waals surface area contributed by atoms with E-state index in [1.54, 1.807) is 14.2 Å². The molecule has 0 fully saturated rings. The molecule has 0 amide bonds. The fourth-order valence-electron chi connectivity index (χ4n) is 2.05. The number of benzene rings is 1. The normalized spacial score (nSPS) is 12.5. The number of hydrogen-bond acceptors (Lipinski definition) is 3. The Morgan fingerprint density at radius 1 is 1.17 bits per heavy atom. The first-order valence-electron chi connectivity index (χ1n) is 7.92. The molecule has 1 unspecified atom stereocenters. The average molecular weight is 434 g/mol. The summed E-state index contributed by atoms with van der Waals surface area (Å²) in [7, 11) is 3.51. The molecule has 1 rings (SSSR count). The third-order valence-corrected chi connectivity index (χ3v) is 3.46. The molecule has 6 heteroatoms. The zero-order valence-electron chi connectivity index (χ0n) is 14.6. The maximum absolute atomic E-state index is 5.04. The van der Waals surface area contributed by atoms with Crippen molar-refractivity contribution in [1.29, 1.82) is 0 Å². The number of anilines is 1. The maximum Gasteiger partial charge on any atom is 0.191 e. The van der Waals surface area contributed by atoms with Crippen LogP contribution in [0.2, 0.25) is 0 Å². The maximum atomic E-state index is 5.04. The number of nitrogens with zero attached hydrogens (tertiary/aromatic N) is 1. The summed E-state index contributed by atoms with van der Waals surface area (Å²) in [4.78, 5) is 4.25. The van der Waals surface area contributed by atoms with E-state index in [1.165, 1.54) is 0 Å². The highest BCUT2D eigenvalue weighted by atomic mass is 127. The van der Waals surface area contributed by atoms with Crippen LogP contribution in [0, 0.1) is 5.92 Å². The number of para-hydroxylation sites is 1. The Balaban J connectivity index is 0.00000484. The molecular weight excluding hydrogens is 403 g/mol. The van der Waals surface area contributed by atoms with Crippen LogP contribution in [-0.2, 0) is 4.74 Å². The Morgan fingerprint density at radius 2 is 1.87 bits per heavy atom. The zero-order chi connectivity index (χ0) is 16.2. The van der Waals surface area contributed by atoms with Gasteiger partial charge in [0.1, 0.15) is 0 Å². The molecule has 5 nitrogen and oxygen atoms in total. The molecule has 1 aromatic rings. The second-order valence-electron chi connectivity index (χ2n) is 5.59. The highest BCUT2D eigenvalue weighted by molar-refractivity contribution is 14.0. The first-order valence-corrected chi connectivity index (χ1v) is 7.92. The fourth-order valence-corrected chi connectivity index (χ4v) is 2.05. The third-order valence-electron chi connectivity index (χ3n) is 3.46. The second kappa shape index (κ2) is 13.4. The van der Waals surface area contributed by atoms with E-state index in [1.807, 2.05) is 18.2 Å². The summed E-state index contributed by atoms with van der Waals surface area (Å²) < 4.78 is 5.04. The number of rotatable bonds is 9. The predicted octanol–water partition coefficient (Wildman–Crippen LogP) is 2.94. The first kappa shape index (κ1) is 22.0. The average Bonchev–Trinajstić information content (AvgIpc) is 2.53. The van der Waals surface area contributed by atoms with Gasteiger partial charge in [0.2, 0.25) is 0 Å². The van der Waals surface area contributed by atoms with Crippen molar-refractivity contribution in [1.82, 2.24) is 10.6 Å².